The molecule has 3 aliphatic heterocycles. The Kier molecular flexibility index (Phi) is 20.0. The highest BCUT2D eigenvalue weighted by atomic mass is 16.5. The molecule has 0 bridgehead atoms. The van der Waals surface area contributed by atoms with Gasteiger partial charge in [0.15, 0.2) is 0 Å². The average molecular weight is 1030 g/mol. The van der Waals surface area contributed by atoms with Crippen LogP contribution in [0.1, 0.15) is 117 Å². The molecule has 3 fully saturated rings. The number of unbranched alkanes of at least 4 members (excludes halogenated alkanes) is 2. The first-order valence-electron chi connectivity index (χ1n) is 27.5. The van der Waals surface area contributed by atoms with Crippen LogP contribution in [-0.2, 0) is 33.9 Å². The monoisotopic (exact) mass is 1030 g/mol. The number of piperidine rings is 1. The van der Waals surface area contributed by atoms with Crippen molar-refractivity contribution in [1.29, 1.82) is 0 Å². The molecule has 1 aliphatic carbocycles. The summed E-state index contributed by atoms with van der Waals surface area (Å²) in [6.45, 7) is 12.3. The molecule has 5 N–H and O–H groups in total. The van der Waals surface area contributed by atoms with Gasteiger partial charge in [-0.05, 0) is 112 Å². The third-order valence-corrected chi connectivity index (χ3v) is 15.3. The fourth-order valence-electron chi connectivity index (χ4n) is 11.0. The number of aliphatic imine (C=N–C) groups is 1. The quantitative estimate of drug-likeness (QED) is 0.0574. The van der Waals surface area contributed by atoms with Gasteiger partial charge in [-0.1, -0.05) is 50.5 Å². The molecule has 8 rings (SSSR count). The summed E-state index contributed by atoms with van der Waals surface area (Å²) < 4.78 is 11.2. The number of methoxy groups -OCH3 is 1. The number of nitrogens with one attached hydrogen (secondary N) is 5. The van der Waals surface area contributed by atoms with Crippen LogP contribution in [0.5, 0.6) is 11.5 Å². The number of amides is 4. The summed E-state index contributed by atoms with van der Waals surface area (Å²) in [7, 11) is 1.62. The Morgan fingerprint density at radius 2 is 1.67 bits per heavy atom. The normalized spacial score (nSPS) is 19.0. The van der Waals surface area contributed by atoms with E-state index in [1.165, 1.54) is 0 Å². The van der Waals surface area contributed by atoms with E-state index >= 15 is 0 Å². The van der Waals surface area contributed by atoms with E-state index in [-0.39, 0.29) is 53.6 Å². The van der Waals surface area contributed by atoms with Crippen LogP contribution in [0.4, 0.5) is 0 Å². The van der Waals surface area contributed by atoms with Crippen molar-refractivity contribution in [2.24, 2.45) is 10.9 Å². The Labute approximate surface area is 441 Å². The van der Waals surface area contributed by atoms with Crippen LogP contribution in [0.15, 0.2) is 82.7 Å². The van der Waals surface area contributed by atoms with Crippen molar-refractivity contribution in [3.8, 4) is 11.5 Å². The number of rotatable bonds is 23. The number of hydrogen-bond donors (Lipinski definition) is 5. The molecule has 5 heterocycles. The molecule has 0 radical (unpaired) electrons. The maximum Gasteiger partial charge on any atom is 0.269 e. The van der Waals surface area contributed by atoms with Crippen LogP contribution in [0.2, 0.25) is 0 Å². The van der Waals surface area contributed by atoms with Gasteiger partial charge >= 0.3 is 0 Å². The fraction of sp³-hybridized carbons (Fsp3) is 0.534. The van der Waals surface area contributed by atoms with Crippen LogP contribution in [0.25, 0.3) is 11.0 Å². The number of fused-ring (bicyclic) bond motifs is 1. The second-order valence-corrected chi connectivity index (χ2v) is 20.5. The highest BCUT2D eigenvalue weighted by Gasteiger charge is 2.32. The Hall–Kier alpha value is -6.43. The molecule has 75 heavy (non-hydrogen) atoms. The molecular formula is C58H78N10O7. The SMILES string of the molecule is CCOc1cc(OC)ccc1CNCC(=O)N1CCCC(c2cccc(C(=O)N[C@@H](C(=O)NCCCCCNC(=O)C3=NCC(N4CCN(Cc5cnc6cc(CC)c(=O)[nH]c6c5)CC4)C=C3)C3CCCCC3)c2)C1. The number of carbonyl (C=O) groups excluding carboxylic acids is 4. The van der Waals surface area contributed by atoms with E-state index in [9.17, 15) is 24.0 Å². The number of pyridine rings is 2. The third kappa shape index (κ3) is 15.1. The molecule has 2 saturated heterocycles. The second-order valence-electron chi connectivity index (χ2n) is 20.5. The molecule has 2 aromatic heterocycles. The highest BCUT2D eigenvalue weighted by Crippen LogP contribution is 2.30. The Morgan fingerprint density at radius 3 is 2.43 bits per heavy atom. The van der Waals surface area contributed by atoms with Crippen LogP contribution in [-0.4, -0.2) is 145 Å². The number of H-pyrrole nitrogens is 1. The Morgan fingerprint density at radius 1 is 0.853 bits per heavy atom. The number of ether oxygens (including phenoxy) is 2. The number of aromatic nitrogens is 2. The number of likely N-dealkylation sites (tertiary alicyclic amines) is 1. The molecular weight excluding hydrogens is 949 g/mol. The first-order chi connectivity index (χ1) is 36.6. The van der Waals surface area contributed by atoms with Gasteiger partial charge < -0.3 is 40.6 Å². The van der Waals surface area contributed by atoms with Crippen LogP contribution >= 0.6 is 0 Å². The molecule has 4 aliphatic rings. The zero-order valence-electron chi connectivity index (χ0n) is 44.3. The van der Waals surface area contributed by atoms with E-state index in [1.807, 2.05) is 79.6 Å². The lowest BCUT2D eigenvalue weighted by molar-refractivity contribution is -0.131. The van der Waals surface area contributed by atoms with E-state index in [2.05, 4.69) is 52.1 Å². The van der Waals surface area contributed by atoms with Gasteiger partial charge in [0, 0.05) is 106 Å². The van der Waals surface area contributed by atoms with E-state index < -0.39 is 6.04 Å². The van der Waals surface area contributed by atoms with Crippen LogP contribution < -0.4 is 36.3 Å². The van der Waals surface area contributed by atoms with Crippen LogP contribution in [0, 0.1) is 5.92 Å². The maximum absolute atomic E-state index is 13.9. The maximum atomic E-state index is 13.9. The summed E-state index contributed by atoms with van der Waals surface area (Å²) in [6.07, 6.45) is 15.6. The molecule has 0 spiro atoms. The van der Waals surface area contributed by atoms with Crippen molar-refractivity contribution < 1.29 is 28.7 Å². The number of carbonyl (C=O) groups is 4. The minimum Gasteiger partial charge on any atom is -0.497 e. The van der Waals surface area contributed by atoms with Crippen LogP contribution in [0.3, 0.4) is 0 Å². The molecule has 402 valence electrons. The number of nitrogens with zero attached hydrogens (tertiary/aromatic N) is 5. The summed E-state index contributed by atoms with van der Waals surface area (Å²) in [6, 6.07) is 16.8. The Bertz CT molecular complexity index is 2710. The van der Waals surface area contributed by atoms with Crippen molar-refractivity contribution in [2.45, 2.75) is 116 Å². The first-order valence-corrected chi connectivity index (χ1v) is 27.5. The van der Waals surface area contributed by atoms with Gasteiger partial charge in [-0.3, -0.25) is 43.7 Å². The summed E-state index contributed by atoms with van der Waals surface area (Å²) in [4.78, 5) is 85.5. The summed E-state index contributed by atoms with van der Waals surface area (Å²) in [5.41, 5.74) is 6.28. The van der Waals surface area contributed by atoms with Gasteiger partial charge in [0.2, 0.25) is 11.8 Å². The minimum atomic E-state index is -0.630. The average Bonchev–Trinajstić information content (AvgIpc) is 3.44. The van der Waals surface area contributed by atoms with E-state index in [0.717, 1.165) is 142 Å². The Balaban J connectivity index is 0.726. The highest BCUT2D eigenvalue weighted by molar-refractivity contribution is 6.43. The van der Waals surface area contributed by atoms with Crippen molar-refractivity contribution in [3.05, 3.63) is 111 Å². The number of piperazine rings is 1. The minimum absolute atomic E-state index is 0.0351. The van der Waals surface area contributed by atoms with Crippen molar-refractivity contribution in [2.75, 3.05) is 79.2 Å². The molecule has 1 saturated carbocycles. The van der Waals surface area contributed by atoms with Gasteiger partial charge in [0.25, 0.3) is 17.4 Å². The van der Waals surface area contributed by atoms with Gasteiger partial charge in [-0.15, -0.1) is 0 Å². The number of aryl methyl sites for hydroxylation is 1. The fourth-order valence-corrected chi connectivity index (χ4v) is 11.0. The largest absolute Gasteiger partial charge is 0.497 e. The predicted octanol–water partition coefficient (Wildman–Crippen LogP) is 5.67. The molecule has 4 amide bonds. The topological polar surface area (TPSA) is 203 Å². The standard InChI is InChI=1S/C58H78N10O7/c1-4-41-32-50-51(64-55(41)70)30-40(34-62-50)38-66-26-28-67(29-27-66)47-20-22-49(63-36-47)57(72)60-23-10-7-11-24-61-58(73)54(42-14-8-6-9-15-42)65-56(71)44-17-12-16-43(31-44)46-18-13-25-68(39-46)53(69)37-59-35-45-19-21-48(74-3)33-52(45)75-5-2/h12,16-17,19-22,30-34,42,46-47,54,59H,4-11,13-15,18,23-29,35-39H2,1-3H3,(H,60,72)(H,61,73)(H,64,70)(H,65,71)/t46?,47?,54-/m1/s1. The summed E-state index contributed by atoms with van der Waals surface area (Å²) >= 11 is 0. The number of hydrogen-bond acceptors (Lipinski definition) is 12. The molecule has 4 aromatic rings. The number of dihydropyridines is 1. The lowest BCUT2D eigenvalue weighted by Gasteiger charge is -2.38. The van der Waals surface area contributed by atoms with Crippen molar-refractivity contribution in [3.63, 3.8) is 0 Å². The van der Waals surface area contributed by atoms with E-state index in [1.54, 1.807) is 13.2 Å². The molecule has 17 nitrogen and oxygen atoms in total. The lowest BCUT2D eigenvalue weighted by atomic mass is 9.83. The number of aromatic amines is 1. The molecule has 2 unspecified atom stereocenters. The van der Waals surface area contributed by atoms with E-state index in [0.29, 0.717) is 63.6 Å². The van der Waals surface area contributed by atoms with Gasteiger partial charge in [-0.25, -0.2) is 0 Å². The van der Waals surface area contributed by atoms with Crippen molar-refractivity contribution in [1.82, 2.24) is 45.9 Å². The lowest BCUT2D eigenvalue weighted by Crippen LogP contribution is -2.51. The van der Waals surface area contributed by atoms with Gasteiger partial charge in [-0.2, -0.15) is 0 Å². The van der Waals surface area contributed by atoms with Gasteiger partial charge in [0.05, 0.1) is 37.8 Å². The van der Waals surface area contributed by atoms with E-state index in [4.69, 9.17) is 9.47 Å². The molecule has 2 aromatic carbocycles. The first kappa shape index (κ1) is 54.8. The summed E-state index contributed by atoms with van der Waals surface area (Å²) in [5, 5.41) is 12.6. The molecule has 17 heteroatoms. The zero-order valence-corrected chi connectivity index (χ0v) is 44.3. The zero-order chi connectivity index (χ0) is 52.5. The van der Waals surface area contributed by atoms with Gasteiger partial charge in [0.1, 0.15) is 23.3 Å². The van der Waals surface area contributed by atoms with Crippen molar-refractivity contribution >= 4 is 40.4 Å². The number of benzene rings is 2. The summed E-state index contributed by atoms with van der Waals surface area (Å²) in [5.74, 6) is 1.06. The predicted molar refractivity (Wildman–Crippen MR) is 292 cm³/mol. The second kappa shape index (κ2) is 27.4. The third-order valence-electron chi connectivity index (χ3n) is 15.3. The smallest absolute Gasteiger partial charge is 0.269 e. The molecule has 3 atom stereocenters.